The molecule has 0 saturated carbocycles. The molecule has 1 saturated heterocycles. The zero-order valence-corrected chi connectivity index (χ0v) is 11.9. The molecule has 3 rings (SSSR count). The van der Waals surface area contributed by atoms with Gasteiger partial charge in [0, 0.05) is 18.3 Å². The van der Waals surface area contributed by atoms with Crippen molar-refractivity contribution >= 4 is 23.3 Å². The second-order valence-corrected chi connectivity index (χ2v) is 5.46. The summed E-state index contributed by atoms with van der Waals surface area (Å²) in [5.41, 5.74) is 1.82. The summed E-state index contributed by atoms with van der Waals surface area (Å²) in [5.74, 6) is -1.69. The van der Waals surface area contributed by atoms with Crippen molar-refractivity contribution in [3.63, 3.8) is 0 Å². The predicted molar refractivity (Wildman–Crippen MR) is 79.5 cm³/mol. The highest BCUT2D eigenvalue weighted by Crippen LogP contribution is 2.32. The first-order valence-corrected chi connectivity index (χ1v) is 7.19. The van der Waals surface area contributed by atoms with E-state index in [9.17, 15) is 14.4 Å². The number of nitrogens with one attached hydrogen (secondary N) is 1. The molecule has 6 heteroatoms. The minimum atomic E-state index is -1.16. The fraction of sp³-hybridized carbons (Fsp3) is 0.312. The standard InChI is InChI=1S/C16H16N2O4/c19-10(9-15(20)21)8-13-14-6-3-7-18(14)16(22)11-4-1-2-5-12(11)17-13/h1-2,4-5,8,14,17H,3,6-7,9H2,(H,20,21)/b13-8-/t14-/m0/s1. The van der Waals surface area contributed by atoms with Crippen LogP contribution in [0.1, 0.15) is 29.6 Å². The summed E-state index contributed by atoms with van der Waals surface area (Å²) in [7, 11) is 0. The van der Waals surface area contributed by atoms with Gasteiger partial charge in [0.1, 0.15) is 6.42 Å². The molecule has 1 aromatic carbocycles. The molecule has 0 aliphatic carbocycles. The third-order valence-electron chi connectivity index (χ3n) is 3.95. The second kappa shape index (κ2) is 5.63. The number of hydrogen-bond donors (Lipinski definition) is 2. The number of allylic oxidation sites excluding steroid dienone is 1. The average Bonchev–Trinajstić information content (AvgIpc) is 2.91. The minimum Gasteiger partial charge on any atom is -0.481 e. The number of carboxylic acid groups (broad SMARTS) is 1. The van der Waals surface area contributed by atoms with E-state index in [2.05, 4.69) is 5.32 Å². The van der Waals surface area contributed by atoms with Crippen LogP contribution in [-0.2, 0) is 9.59 Å². The summed E-state index contributed by atoms with van der Waals surface area (Å²) in [4.78, 5) is 36.8. The van der Waals surface area contributed by atoms with Crippen LogP contribution in [0.5, 0.6) is 0 Å². The van der Waals surface area contributed by atoms with Crippen LogP contribution in [0.15, 0.2) is 36.0 Å². The number of aliphatic carboxylic acids is 1. The summed E-state index contributed by atoms with van der Waals surface area (Å²) >= 11 is 0. The number of fused-ring (bicyclic) bond motifs is 2. The second-order valence-electron chi connectivity index (χ2n) is 5.46. The minimum absolute atomic E-state index is 0.0558. The lowest BCUT2D eigenvalue weighted by Gasteiger charge is -2.23. The molecule has 0 spiro atoms. The molecule has 2 aliphatic rings. The van der Waals surface area contributed by atoms with Crippen molar-refractivity contribution in [1.29, 1.82) is 0 Å². The lowest BCUT2D eigenvalue weighted by Crippen LogP contribution is -2.36. The Hall–Kier alpha value is -2.63. The lowest BCUT2D eigenvalue weighted by molar-refractivity contribution is -0.139. The Morgan fingerprint density at radius 3 is 2.91 bits per heavy atom. The Morgan fingerprint density at radius 2 is 2.14 bits per heavy atom. The van der Waals surface area contributed by atoms with E-state index in [1.807, 2.05) is 6.07 Å². The van der Waals surface area contributed by atoms with Crippen LogP contribution in [0.3, 0.4) is 0 Å². The highest BCUT2D eigenvalue weighted by atomic mass is 16.4. The molecule has 2 aliphatic heterocycles. The maximum atomic E-state index is 12.6. The third kappa shape index (κ3) is 2.59. The zero-order valence-electron chi connectivity index (χ0n) is 11.9. The van der Waals surface area contributed by atoms with Crippen molar-refractivity contribution in [2.45, 2.75) is 25.3 Å². The van der Waals surface area contributed by atoms with Crippen LogP contribution in [0.25, 0.3) is 0 Å². The Kier molecular flexibility index (Phi) is 3.66. The molecular formula is C16H16N2O4. The van der Waals surface area contributed by atoms with Gasteiger partial charge in [-0.15, -0.1) is 0 Å². The number of carbonyl (C=O) groups is 3. The van der Waals surface area contributed by atoms with Crippen LogP contribution in [-0.4, -0.2) is 40.3 Å². The summed E-state index contributed by atoms with van der Waals surface area (Å²) < 4.78 is 0. The molecule has 1 fully saturated rings. The van der Waals surface area contributed by atoms with E-state index in [4.69, 9.17) is 5.11 Å². The van der Waals surface area contributed by atoms with Crippen molar-refractivity contribution in [1.82, 2.24) is 4.90 Å². The number of amides is 1. The van der Waals surface area contributed by atoms with Crippen molar-refractivity contribution in [2.75, 3.05) is 11.9 Å². The SMILES string of the molecule is O=C(O)CC(=O)/C=C1\Nc2ccccc2C(=O)N2CCC[C@@H]12. The Labute approximate surface area is 127 Å². The molecule has 22 heavy (non-hydrogen) atoms. The number of ketones is 1. The zero-order chi connectivity index (χ0) is 15.7. The lowest BCUT2D eigenvalue weighted by atomic mass is 10.1. The molecule has 1 aromatic rings. The van der Waals surface area contributed by atoms with E-state index in [1.165, 1.54) is 6.08 Å². The summed E-state index contributed by atoms with van der Waals surface area (Å²) in [6.45, 7) is 0.643. The largest absolute Gasteiger partial charge is 0.481 e. The summed E-state index contributed by atoms with van der Waals surface area (Å²) in [6.07, 6.45) is 2.41. The summed E-state index contributed by atoms with van der Waals surface area (Å²) in [5, 5.41) is 11.9. The molecule has 1 amide bonds. The Bertz CT molecular complexity index is 680. The molecule has 2 N–H and O–H groups in total. The van der Waals surface area contributed by atoms with Crippen LogP contribution in [0, 0.1) is 0 Å². The van der Waals surface area contributed by atoms with Crippen LogP contribution < -0.4 is 5.32 Å². The normalized spacial score (nSPS) is 21.8. The van der Waals surface area contributed by atoms with E-state index in [0.29, 0.717) is 23.5 Å². The van der Waals surface area contributed by atoms with E-state index in [0.717, 1.165) is 12.8 Å². The fourth-order valence-electron chi connectivity index (χ4n) is 3.01. The van der Waals surface area contributed by atoms with Crippen molar-refractivity contribution in [3.8, 4) is 0 Å². The van der Waals surface area contributed by atoms with E-state index >= 15 is 0 Å². The Balaban J connectivity index is 2.00. The highest BCUT2D eigenvalue weighted by molar-refractivity contribution is 6.04. The number of nitrogens with zero attached hydrogens (tertiary/aromatic N) is 1. The molecular weight excluding hydrogens is 284 g/mol. The first kappa shape index (κ1) is 14.3. The van der Waals surface area contributed by atoms with Gasteiger partial charge in [0.25, 0.3) is 5.91 Å². The fourth-order valence-corrected chi connectivity index (χ4v) is 3.01. The number of para-hydroxylation sites is 1. The number of anilines is 1. The molecule has 2 heterocycles. The van der Waals surface area contributed by atoms with Crippen LogP contribution in [0.2, 0.25) is 0 Å². The highest BCUT2D eigenvalue weighted by Gasteiger charge is 2.36. The number of hydrogen-bond acceptors (Lipinski definition) is 4. The first-order valence-electron chi connectivity index (χ1n) is 7.19. The van der Waals surface area contributed by atoms with Gasteiger partial charge < -0.3 is 15.3 Å². The van der Waals surface area contributed by atoms with Gasteiger partial charge in [-0.25, -0.2) is 0 Å². The van der Waals surface area contributed by atoms with Gasteiger partial charge in [0.15, 0.2) is 5.78 Å². The van der Waals surface area contributed by atoms with Crippen molar-refractivity contribution < 1.29 is 19.5 Å². The van der Waals surface area contributed by atoms with Crippen LogP contribution >= 0.6 is 0 Å². The average molecular weight is 300 g/mol. The van der Waals surface area contributed by atoms with Crippen molar-refractivity contribution in [3.05, 3.63) is 41.6 Å². The van der Waals surface area contributed by atoms with Gasteiger partial charge >= 0.3 is 5.97 Å². The van der Waals surface area contributed by atoms with Gasteiger partial charge in [-0.2, -0.15) is 0 Å². The van der Waals surface area contributed by atoms with E-state index in [1.54, 1.807) is 23.1 Å². The van der Waals surface area contributed by atoms with E-state index in [-0.39, 0.29) is 11.9 Å². The smallest absolute Gasteiger partial charge is 0.311 e. The third-order valence-corrected chi connectivity index (χ3v) is 3.95. The molecule has 1 atom stereocenters. The van der Waals surface area contributed by atoms with Gasteiger partial charge in [0.2, 0.25) is 0 Å². The number of carboxylic acids is 1. The molecule has 0 bridgehead atoms. The number of rotatable bonds is 3. The molecule has 0 radical (unpaired) electrons. The van der Waals surface area contributed by atoms with Crippen LogP contribution in [0.4, 0.5) is 5.69 Å². The molecule has 6 nitrogen and oxygen atoms in total. The molecule has 0 unspecified atom stereocenters. The van der Waals surface area contributed by atoms with Gasteiger partial charge in [-0.05, 0) is 25.0 Å². The maximum Gasteiger partial charge on any atom is 0.311 e. The maximum absolute atomic E-state index is 12.6. The summed E-state index contributed by atoms with van der Waals surface area (Å²) in [6, 6.07) is 6.95. The van der Waals surface area contributed by atoms with Gasteiger partial charge in [-0.1, -0.05) is 12.1 Å². The number of carbonyl (C=O) groups excluding carboxylic acids is 2. The first-order chi connectivity index (χ1) is 10.6. The Morgan fingerprint density at radius 1 is 1.36 bits per heavy atom. The topological polar surface area (TPSA) is 86.7 Å². The molecule has 114 valence electrons. The van der Waals surface area contributed by atoms with Crippen molar-refractivity contribution in [2.24, 2.45) is 0 Å². The van der Waals surface area contributed by atoms with Gasteiger partial charge in [0.05, 0.1) is 17.3 Å². The van der Waals surface area contributed by atoms with Gasteiger partial charge in [-0.3, -0.25) is 14.4 Å². The molecule has 0 aromatic heterocycles. The quantitative estimate of drug-likeness (QED) is 0.654. The predicted octanol–water partition coefficient (Wildman–Crippen LogP) is 1.64. The monoisotopic (exact) mass is 300 g/mol. The van der Waals surface area contributed by atoms with E-state index < -0.39 is 18.2 Å². The number of benzene rings is 1.